The molecule has 0 aliphatic heterocycles. The molecule has 2 rings (SSSR count). The van der Waals surface area contributed by atoms with Crippen LogP contribution in [0.1, 0.15) is 23.2 Å². The van der Waals surface area contributed by atoms with Crippen molar-refractivity contribution in [2.45, 2.75) is 12.8 Å². The molecule has 0 atom stereocenters. The van der Waals surface area contributed by atoms with E-state index >= 15 is 0 Å². The van der Waals surface area contributed by atoms with Gasteiger partial charge in [0.05, 0.1) is 43.3 Å². The fourth-order valence-electron chi connectivity index (χ4n) is 2.44. The van der Waals surface area contributed by atoms with Gasteiger partial charge in [-0.05, 0) is 12.1 Å². The van der Waals surface area contributed by atoms with Crippen molar-refractivity contribution in [1.82, 2.24) is 9.97 Å². The zero-order valence-electron chi connectivity index (χ0n) is 14.8. The number of methoxy groups -OCH3 is 1. The van der Waals surface area contributed by atoms with E-state index in [4.69, 9.17) is 21.0 Å². The van der Waals surface area contributed by atoms with Crippen LogP contribution in [0.25, 0.3) is 0 Å². The Bertz CT molecular complexity index is 868. The number of nitrogens with zero attached hydrogens (tertiary/aromatic N) is 5. The maximum absolute atomic E-state index is 11.9. The molecule has 0 aliphatic rings. The predicted octanol–water partition coefficient (Wildman–Crippen LogP) is 2.22. The molecule has 1 aromatic heterocycles. The summed E-state index contributed by atoms with van der Waals surface area (Å²) in [7, 11) is 1.30. The van der Waals surface area contributed by atoms with Crippen LogP contribution >= 0.6 is 0 Å². The van der Waals surface area contributed by atoms with E-state index in [2.05, 4.69) is 27.4 Å². The maximum atomic E-state index is 11.9. The quantitative estimate of drug-likeness (QED) is 0.673. The van der Waals surface area contributed by atoms with Crippen molar-refractivity contribution < 1.29 is 9.53 Å². The lowest BCUT2D eigenvalue weighted by atomic mass is 10.2. The van der Waals surface area contributed by atoms with Crippen LogP contribution < -0.4 is 16.0 Å². The number of hydrogen-bond donors (Lipinski definition) is 2. The van der Waals surface area contributed by atoms with Crippen LogP contribution in [0.5, 0.6) is 0 Å². The Morgan fingerprint density at radius 3 is 2.52 bits per heavy atom. The second-order valence-electron chi connectivity index (χ2n) is 5.42. The van der Waals surface area contributed by atoms with Gasteiger partial charge in [0.1, 0.15) is 12.0 Å². The molecule has 0 spiro atoms. The first kappa shape index (κ1) is 19.5. The standard InChI is InChI=1S/C18H19N7O2/c1-27-18(26)13-6-2-3-7-14(13)24-16-15(21)17(23-12-22-16)25(10-4-8-19)11-5-9-20/h2-3,6-7,12H,4-5,10-11,21H2,1H3,(H,22,23,24). The number of para-hydroxylation sites is 1. The van der Waals surface area contributed by atoms with Crippen LogP contribution in [0.2, 0.25) is 0 Å². The zero-order valence-corrected chi connectivity index (χ0v) is 14.8. The van der Waals surface area contributed by atoms with Crippen LogP contribution in [0.3, 0.4) is 0 Å². The molecule has 0 fully saturated rings. The summed E-state index contributed by atoms with van der Waals surface area (Å²) in [5.41, 5.74) is 7.31. The van der Waals surface area contributed by atoms with Crippen molar-refractivity contribution in [3.05, 3.63) is 36.2 Å². The second kappa shape index (κ2) is 9.59. The fraction of sp³-hybridized carbons (Fsp3) is 0.278. The van der Waals surface area contributed by atoms with Crippen molar-refractivity contribution in [2.75, 3.05) is 36.1 Å². The summed E-state index contributed by atoms with van der Waals surface area (Å²) in [5.74, 6) is 0.249. The van der Waals surface area contributed by atoms with E-state index in [1.54, 1.807) is 29.2 Å². The number of benzene rings is 1. The minimum absolute atomic E-state index is 0.257. The first-order valence-corrected chi connectivity index (χ1v) is 8.16. The Balaban J connectivity index is 2.35. The Labute approximate surface area is 157 Å². The summed E-state index contributed by atoms with van der Waals surface area (Å²) in [5, 5.41) is 20.7. The molecule has 9 nitrogen and oxygen atoms in total. The van der Waals surface area contributed by atoms with Gasteiger partial charge >= 0.3 is 5.97 Å². The average molecular weight is 365 g/mol. The summed E-state index contributed by atoms with van der Waals surface area (Å²) < 4.78 is 4.78. The molecule has 1 aromatic carbocycles. The van der Waals surface area contributed by atoms with Gasteiger partial charge in [-0.25, -0.2) is 14.8 Å². The Morgan fingerprint density at radius 1 is 1.22 bits per heavy atom. The van der Waals surface area contributed by atoms with Gasteiger partial charge in [0.2, 0.25) is 0 Å². The summed E-state index contributed by atoms with van der Waals surface area (Å²) in [6, 6.07) is 10.9. The van der Waals surface area contributed by atoms with Crippen molar-refractivity contribution in [3.63, 3.8) is 0 Å². The van der Waals surface area contributed by atoms with Gasteiger partial charge in [-0.15, -0.1) is 0 Å². The van der Waals surface area contributed by atoms with E-state index in [0.29, 0.717) is 36.0 Å². The van der Waals surface area contributed by atoms with E-state index < -0.39 is 5.97 Å². The summed E-state index contributed by atoms with van der Waals surface area (Å²) in [6.45, 7) is 0.773. The molecule has 0 bridgehead atoms. The molecule has 0 aliphatic carbocycles. The van der Waals surface area contributed by atoms with Crippen LogP contribution in [0.15, 0.2) is 30.6 Å². The molecule has 9 heteroatoms. The van der Waals surface area contributed by atoms with Crippen LogP contribution in [0.4, 0.5) is 23.0 Å². The molecule has 138 valence electrons. The number of rotatable bonds is 8. The van der Waals surface area contributed by atoms with E-state index in [1.165, 1.54) is 13.4 Å². The number of nitrogen functional groups attached to an aromatic ring is 1. The molecular formula is C18H19N7O2. The van der Waals surface area contributed by atoms with Gasteiger partial charge in [-0.2, -0.15) is 10.5 Å². The number of hydrogen-bond acceptors (Lipinski definition) is 9. The van der Waals surface area contributed by atoms with Crippen LogP contribution in [-0.4, -0.2) is 36.1 Å². The average Bonchev–Trinajstić information content (AvgIpc) is 2.70. The molecular weight excluding hydrogens is 346 g/mol. The van der Waals surface area contributed by atoms with Gasteiger partial charge in [0.25, 0.3) is 0 Å². The van der Waals surface area contributed by atoms with E-state index in [0.717, 1.165) is 0 Å². The number of aromatic nitrogens is 2. The zero-order chi connectivity index (χ0) is 19.6. The molecule has 27 heavy (non-hydrogen) atoms. The second-order valence-corrected chi connectivity index (χ2v) is 5.42. The van der Waals surface area contributed by atoms with Gasteiger partial charge in [-0.1, -0.05) is 12.1 Å². The molecule has 2 aromatic rings. The SMILES string of the molecule is COC(=O)c1ccccc1Nc1ncnc(N(CCC#N)CCC#N)c1N. The Hall–Kier alpha value is -3.85. The fourth-order valence-corrected chi connectivity index (χ4v) is 2.44. The van der Waals surface area contributed by atoms with Gasteiger partial charge in [0.15, 0.2) is 11.6 Å². The lowest BCUT2D eigenvalue weighted by Gasteiger charge is -2.23. The van der Waals surface area contributed by atoms with Crippen molar-refractivity contribution in [2.24, 2.45) is 0 Å². The Morgan fingerprint density at radius 2 is 1.89 bits per heavy atom. The molecule has 1 heterocycles. The molecule has 0 saturated heterocycles. The number of nitriles is 2. The first-order chi connectivity index (χ1) is 13.1. The third kappa shape index (κ3) is 4.83. The van der Waals surface area contributed by atoms with Crippen molar-refractivity contribution >= 4 is 29.0 Å². The Kier molecular flexibility index (Phi) is 6.91. The minimum Gasteiger partial charge on any atom is -0.465 e. The third-order valence-corrected chi connectivity index (χ3v) is 3.73. The smallest absolute Gasteiger partial charge is 0.339 e. The van der Waals surface area contributed by atoms with E-state index in [-0.39, 0.29) is 18.5 Å². The van der Waals surface area contributed by atoms with E-state index in [9.17, 15) is 4.79 Å². The molecule has 3 N–H and O–H groups in total. The number of ether oxygens (including phenoxy) is 1. The molecule has 0 unspecified atom stereocenters. The highest BCUT2D eigenvalue weighted by Crippen LogP contribution is 2.30. The first-order valence-electron chi connectivity index (χ1n) is 8.16. The number of nitrogens with two attached hydrogens (primary N) is 1. The van der Waals surface area contributed by atoms with E-state index in [1.807, 2.05) is 0 Å². The third-order valence-electron chi connectivity index (χ3n) is 3.73. The lowest BCUT2D eigenvalue weighted by molar-refractivity contribution is 0.0602. The number of carbonyl (C=O) groups is 1. The molecule has 0 radical (unpaired) electrons. The number of esters is 1. The monoisotopic (exact) mass is 365 g/mol. The summed E-state index contributed by atoms with van der Waals surface area (Å²) in [6.07, 6.45) is 1.87. The number of nitrogens with one attached hydrogen (secondary N) is 1. The highest BCUT2D eigenvalue weighted by molar-refractivity contribution is 5.97. The maximum Gasteiger partial charge on any atom is 0.339 e. The number of carbonyl (C=O) groups excluding carboxylic acids is 1. The van der Waals surface area contributed by atoms with Gasteiger partial charge < -0.3 is 20.7 Å². The highest BCUT2D eigenvalue weighted by Gasteiger charge is 2.17. The van der Waals surface area contributed by atoms with Crippen molar-refractivity contribution in [1.29, 1.82) is 10.5 Å². The van der Waals surface area contributed by atoms with Crippen LogP contribution in [-0.2, 0) is 4.74 Å². The summed E-state index contributed by atoms with van der Waals surface area (Å²) >= 11 is 0. The van der Waals surface area contributed by atoms with Crippen molar-refractivity contribution in [3.8, 4) is 12.1 Å². The van der Waals surface area contributed by atoms with Crippen LogP contribution in [0, 0.1) is 22.7 Å². The molecule has 0 amide bonds. The number of anilines is 4. The molecule has 0 saturated carbocycles. The minimum atomic E-state index is -0.490. The van der Waals surface area contributed by atoms with Gasteiger partial charge in [0, 0.05) is 13.1 Å². The summed E-state index contributed by atoms with van der Waals surface area (Å²) in [4.78, 5) is 22.0. The van der Waals surface area contributed by atoms with Gasteiger partial charge in [-0.3, -0.25) is 0 Å². The highest BCUT2D eigenvalue weighted by atomic mass is 16.5. The lowest BCUT2D eigenvalue weighted by Crippen LogP contribution is -2.27. The predicted molar refractivity (Wildman–Crippen MR) is 100 cm³/mol. The topological polar surface area (TPSA) is 141 Å². The largest absolute Gasteiger partial charge is 0.465 e. The normalized spacial score (nSPS) is 9.74.